The van der Waals surface area contributed by atoms with E-state index in [2.05, 4.69) is 4.98 Å². The minimum absolute atomic E-state index is 0.427. The van der Waals surface area contributed by atoms with Gasteiger partial charge in [0.25, 0.3) is 11.7 Å². The molecule has 1 rings (SSSR count). The normalized spacial score (nSPS) is 10.6. The summed E-state index contributed by atoms with van der Waals surface area (Å²) in [5, 5.41) is -1.06. The van der Waals surface area contributed by atoms with Crippen LogP contribution in [0.1, 0.15) is 22.3 Å². The van der Waals surface area contributed by atoms with E-state index in [-0.39, 0.29) is 0 Å². The van der Waals surface area contributed by atoms with Crippen molar-refractivity contribution >= 4 is 22.5 Å². The van der Waals surface area contributed by atoms with Gasteiger partial charge in [0.05, 0.1) is 16.8 Å². The van der Waals surface area contributed by atoms with Crippen LogP contribution in [-0.4, -0.2) is 10.2 Å². The summed E-state index contributed by atoms with van der Waals surface area (Å²) >= 11 is 5.01. The van der Waals surface area contributed by atoms with Crippen molar-refractivity contribution in [2.45, 2.75) is 6.43 Å². The molecule has 1 aromatic rings. The van der Waals surface area contributed by atoms with Crippen molar-refractivity contribution in [2.75, 3.05) is 5.73 Å². The van der Waals surface area contributed by atoms with Crippen molar-refractivity contribution < 1.29 is 18.0 Å². The minimum Gasteiger partial charge on any atom is -0.398 e. The second-order valence-electron chi connectivity index (χ2n) is 2.36. The van der Waals surface area contributed by atoms with Crippen LogP contribution in [0.15, 0.2) is 6.20 Å². The average Bonchev–Trinajstić information content (AvgIpc) is 2.02. The highest BCUT2D eigenvalue weighted by Gasteiger charge is 2.22. The number of hydrogen-bond acceptors (Lipinski definition) is 3. The SMILES string of the molecule is Nc1c(C(=O)Cl)cnc(F)c1C(F)F. The Morgan fingerprint density at radius 2 is 2.14 bits per heavy atom. The van der Waals surface area contributed by atoms with E-state index in [0.717, 1.165) is 0 Å². The molecular weight excluding hydrogens is 221 g/mol. The molecule has 0 saturated carbocycles. The number of anilines is 1. The molecule has 1 heterocycles. The van der Waals surface area contributed by atoms with Crippen LogP contribution in [-0.2, 0) is 0 Å². The zero-order chi connectivity index (χ0) is 10.9. The van der Waals surface area contributed by atoms with Crippen molar-refractivity contribution in [1.82, 2.24) is 4.98 Å². The Bertz CT molecular complexity index is 383. The van der Waals surface area contributed by atoms with Crippen LogP contribution in [0.25, 0.3) is 0 Å². The average molecular weight is 225 g/mol. The molecule has 2 N–H and O–H groups in total. The molecule has 0 radical (unpaired) electrons. The molecule has 0 spiro atoms. The molecule has 0 unspecified atom stereocenters. The first-order valence-electron chi connectivity index (χ1n) is 3.37. The van der Waals surface area contributed by atoms with Gasteiger partial charge < -0.3 is 5.73 Å². The van der Waals surface area contributed by atoms with Crippen LogP contribution in [0, 0.1) is 5.95 Å². The number of aromatic nitrogens is 1. The maximum atomic E-state index is 12.7. The fraction of sp³-hybridized carbons (Fsp3) is 0.143. The van der Waals surface area contributed by atoms with E-state index in [9.17, 15) is 18.0 Å². The predicted octanol–water partition coefficient (Wildman–Crippen LogP) is 2.12. The van der Waals surface area contributed by atoms with Crippen LogP contribution in [0.2, 0.25) is 0 Å². The maximum absolute atomic E-state index is 12.7. The van der Waals surface area contributed by atoms with Crippen LogP contribution >= 0.6 is 11.6 Å². The van der Waals surface area contributed by atoms with E-state index in [1.165, 1.54) is 0 Å². The van der Waals surface area contributed by atoms with Gasteiger partial charge in [-0.3, -0.25) is 4.79 Å². The highest BCUT2D eigenvalue weighted by molar-refractivity contribution is 6.68. The van der Waals surface area contributed by atoms with E-state index < -0.39 is 34.4 Å². The number of nitrogens with two attached hydrogens (primary N) is 1. The smallest absolute Gasteiger partial charge is 0.270 e. The summed E-state index contributed by atoms with van der Waals surface area (Å²) in [5.41, 5.74) is 2.92. The molecule has 1 aromatic heterocycles. The highest BCUT2D eigenvalue weighted by atomic mass is 35.5. The number of alkyl halides is 2. The summed E-state index contributed by atoms with van der Waals surface area (Å²) in [4.78, 5) is 13.6. The van der Waals surface area contributed by atoms with Gasteiger partial charge in [-0.15, -0.1) is 0 Å². The fourth-order valence-electron chi connectivity index (χ4n) is 0.881. The molecule has 0 bridgehead atoms. The fourth-order valence-corrected chi connectivity index (χ4v) is 1.03. The Hall–Kier alpha value is -1.30. The molecule has 0 aliphatic carbocycles. The second kappa shape index (κ2) is 3.83. The Morgan fingerprint density at radius 3 is 2.57 bits per heavy atom. The Kier molecular flexibility index (Phi) is 2.95. The largest absolute Gasteiger partial charge is 0.398 e. The quantitative estimate of drug-likeness (QED) is 0.618. The summed E-state index contributed by atoms with van der Waals surface area (Å²) in [6.07, 6.45) is -2.43. The van der Waals surface area contributed by atoms with Gasteiger partial charge in [0.1, 0.15) is 0 Å². The van der Waals surface area contributed by atoms with Crippen LogP contribution < -0.4 is 5.73 Å². The van der Waals surface area contributed by atoms with Gasteiger partial charge in [0.2, 0.25) is 5.95 Å². The third-order valence-corrected chi connectivity index (χ3v) is 1.74. The first kappa shape index (κ1) is 10.8. The minimum atomic E-state index is -3.14. The van der Waals surface area contributed by atoms with Crippen molar-refractivity contribution in [3.63, 3.8) is 0 Å². The van der Waals surface area contributed by atoms with E-state index in [0.29, 0.717) is 6.20 Å². The monoisotopic (exact) mass is 224 g/mol. The molecule has 0 amide bonds. The van der Waals surface area contributed by atoms with Crippen molar-refractivity contribution in [3.05, 3.63) is 23.3 Å². The summed E-state index contributed by atoms with van der Waals surface area (Å²) in [6.45, 7) is 0. The second-order valence-corrected chi connectivity index (χ2v) is 2.71. The van der Waals surface area contributed by atoms with Gasteiger partial charge in [-0.25, -0.2) is 13.8 Å². The number of halogens is 4. The topological polar surface area (TPSA) is 56.0 Å². The molecule has 3 nitrogen and oxygen atoms in total. The van der Waals surface area contributed by atoms with Gasteiger partial charge in [-0.1, -0.05) is 0 Å². The molecule has 0 saturated heterocycles. The van der Waals surface area contributed by atoms with E-state index in [1.807, 2.05) is 0 Å². The van der Waals surface area contributed by atoms with Crippen LogP contribution in [0.4, 0.5) is 18.9 Å². The Balaban J connectivity index is 3.41. The first-order chi connectivity index (χ1) is 6.45. The van der Waals surface area contributed by atoms with Crippen LogP contribution in [0.3, 0.4) is 0 Å². The third-order valence-electron chi connectivity index (χ3n) is 1.54. The predicted molar refractivity (Wildman–Crippen MR) is 43.7 cm³/mol. The number of pyridine rings is 1. The molecule has 76 valence electrons. The van der Waals surface area contributed by atoms with Crippen molar-refractivity contribution in [2.24, 2.45) is 0 Å². The van der Waals surface area contributed by atoms with E-state index in [4.69, 9.17) is 17.3 Å². The van der Waals surface area contributed by atoms with Gasteiger partial charge in [-0.05, 0) is 11.6 Å². The highest BCUT2D eigenvalue weighted by Crippen LogP contribution is 2.29. The Morgan fingerprint density at radius 1 is 1.57 bits per heavy atom. The molecule has 14 heavy (non-hydrogen) atoms. The zero-order valence-electron chi connectivity index (χ0n) is 6.60. The molecule has 0 aliphatic heterocycles. The lowest BCUT2D eigenvalue weighted by atomic mass is 10.1. The van der Waals surface area contributed by atoms with E-state index in [1.54, 1.807) is 0 Å². The lowest BCUT2D eigenvalue weighted by Crippen LogP contribution is -2.07. The van der Waals surface area contributed by atoms with Crippen molar-refractivity contribution in [1.29, 1.82) is 0 Å². The molecule has 0 aromatic carbocycles. The van der Waals surface area contributed by atoms with Crippen LogP contribution in [0.5, 0.6) is 0 Å². The summed E-state index contributed by atoms with van der Waals surface area (Å²) in [7, 11) is 0. The van der Waals surface area contributed by atoms with Gasteiger partial charge in [0.15, 0.2) is 0 Å². The molecular formula is C7H4ClF3N2O. The number of carbonyl (C=O) groups is 1. The summed E-state index contributed by atoms with van der Waals surface area (Å²) < 4.78 is 37.2. The summed E-state index contributed by atoms with van der Waals surface area (Å²) in [5.74, 6) is -1.40. The third kappa shape index (κ3) is 1.79. The zero-order valence-corrected chi connectivity index (χ0v) is 7.36. The number of rotatable bonds is 2. The number of carbonyl (C=O) groups excluding carboxylic acids is 1. The molecule has 7 heteroatoms. The number of nitrogens with zero attached hydrogens (tertiary/aromatic N) is 1. The standard InChI is InChI=1S/C7H4ClF3N2O/c8-5(14)2-1-13-7(11)3(4(2)12)6(9)10/h1,6H,(H2,12,13). The molecule has 0 aliphatic rings. The summed E-state index contributed by atoms with van der Waals surface area (Å²) in [6, 6.07) is 0. The Labute approximate surface area is 81.7 Å². The maximum Gasteiger partial charge on any atom is 0.270 e. The van der Waals surface area contributed by atoms with Gasteiger partial charge in [0, 0.05) is 6.20 Å². The molecule has 0 atom stereocenters. The number of hydrogen-bond donors (Lipinski definition) is 1. The lowest BCUT2D eigenvalue weighted by Gasteiger charge is -2.07. The lowest BCUT2D eigenvalue weighted by molar-refractivity contribution is 0.108. The van der Waals surface area contributed by atoms with E-state index >= 15 is 0 Å². The van der Waals surface area contributed by atoms with Crippen molar-refractivity contribution in [3.8, 4) is 0 Å². The molecule has 0 fully saturated rings. The number of nitrogen functional groups attached to an aromatic ring is 1. The van der Waals surface area contributed by atoms with Gasteiger partial charge >= 0.3 is 0 Å². The first-order valence-corrected chi connectivity index (χ1v) is 3.74. The van der Waals surface area contributed by atoms with Gasteiger partial charge in [-0.2, -0.15) is 4.39 Å².